The van der Waals surface area contributed by atoms with Crippen LogP contribution in [0.5, 0.6) is 0 Å². The van der Waals surface area contributed by atoms with Crippen molar-refractivity contribution in [3.05, 3.63) is 68.8 Å². The number of rotatable bonds is 6. The summed E-state index contributed by atoms with van der Waals surface area (Å²) >= 11 is 0. The topological polar surface area (TPSA) is 124 Å². The Bertz CT molecular complexity index is 883. The summed E-state index contributed by atoms with van der Waals surface area (Å²) < 4.78 is 26.6. The molecule has 0 aliphatic rings. The number of nitro benzene ring substituents is 2. The van der Waals surface area contributed by atoms with Gasteiger partial charge >= 0.3 is 0 Å². The summed E-state index contributed by atoms with van der Waals surface area (Å²) in [6.07, 6.45) is 0. The third-order valence-electron chi connectivity index (χ3n) is 3.25. The molecule has 2 rings (SSSR count). The van der Waals surface area contributed by atoms with Gasteiger partial charge in [0.15, 0.2) is 4.90 Å². The fourth-order valence-corrected chi connectivity index (χ4v) is 3.80. The molecule has 0 N–H and O–H groups in total. The maximum Gasteiger partial charge on any atom is 0.296 e. The van der Waals surface area contributed by atoms with Gasteiger partial charge in [0.2, 0.25) is 0 Å². The molecule has 0 saturated heterocycles. The number of sulfonamides is 1. The monoisotopic (exact) mass is 351 g/mol. The number of para-hydroxylation sites is 1. The van der Waals surface area contributed by atoms with Gasteiger partial charge in [-0.25, -0.2) is 8.42 Å². The molecule has 0 saturated carbocycles. The Hall–Kier alpha value is -3.01. The molecule has 126 valence electrons. The lowest BCUT2D eigenvalue weighted by molar-refractivity contribution is -0.396. The Morgan fingerprint density at radius 3 is 2.12 bits per heavy atom. The minimum absolute atomic E-state index is 0.0422. The van der Waals surface area contributed by atoms with Gasteiger partial charge in [-0.3, -0.25) is 24.5 Å². The molecule has 0 aliphatic heterocycles. The molecule has 0 unspecified atom stereocenters. The summed E-state index contributed by atoms with van der Waals surface area (Å²) in [4.78, 5) is 19.6. The fourth-order valence-electron chi connectivity index (χ4n) is 2.18. The first kappa shape index (κ1) is 17.3. The SMILES string of the molecule is CCN(c1ccccc1)S(=O)(=O)c1ccc([N+](=O)[O-])cc1[N+](=O)[O-]. The molecule has 0 fully saturated rings. The van der Waals surface area contributed by atoms with E-state index in [4.69, 9.17) is 0 Å². The first-order chi connectivity index (χ1) is 11.3. The number of anilines is 1. The summed E-state index contributed by atoms with van der Waals surface area (Å²) in [5.74, 6) is 0. The van der Waals surface area contributed by atoms with Crippen LogP contribution in [-0.2, 0) is 10.0 Å². The lowest BCUT2D eigenvalue weighted by Gasteiger charge is -2.22. The van der Waals surface area contributed by atoms with E-state index in [2.05, 4.69) is 0 Å². The highest BCUT2D eigenvalue weighted by atomic mass is 32.2. The molecule has 0 amide bonds. The van der Waals surface area contributed by atoms with E-state index in [1.54, 1.807) is 37.3 Å². The molecule has 2 aromatic rings. The van der Waals surface area contributed by atoms with Crippen LogP contribution in [0, 0.1) is 20.2 Å². The number of nitro groups is 2. The van der Waals surface area contributed by atoms with Crippen LogP contribution in [-0.4, -0.2) is 24.8 Å². The molecule has 0 atom stereocenters. The van der Waals surface area contributed by atoms with Crippen molar-refractivity contribution in [2.75, 3.05) is 10.8 Å². The van der Waals surface area contributed by atoms with Gasteiger partial charge in [0.25, 0.3) is 21.4 Å². The van der Waals surface area contributed by atoms with E-state index in [-0.39, 0.29) is 6.54 Å². The molecular weight excluding hydrogens is 338 g/mol. The highest BCUT2D eigenvalue weighted by Crippen LogP contribution is 2.32. The van der Waals surface area contributed by atoms with Crippen LogP contribution in [0.25, 0.3) is 0 Å². The minimum atomic E-state index is -4.25. The van der Waals surface area contributed by atoms with Crippen LogP contribution in [0.2, 0.25) is 0 Å². The highest BCUT2D eigenvalue weighted by Gasteiger charge is 2.32. The van der Waals surface area contributed by atoms with E-state index in [1.165, 1.54) is 0 Å². The van der Waals surface area contributed by atoms with Gasteiger partial charge in [-0.1, -0.05) is 18.2 Å². The van der Waals surface area contributed by atoms with Crippen LogP contribution in [0.4, 0.5) is 17.1 Å². The van der Waals surface area contributed by atoms with E-state index < -0.39 is 36.1 Å². The van der Waals surface area contributed by atoms with E-state index in [1.807, 2.05) is 0 Å². The van der Waals surface area contributed by atoms with Gasteiger partial charge in [0.05, 0.1) is 21.6 Å². The summed E-state index contributed by atoms with van der Waals surface area (Å²) in [6.45, 7) is 1.63. The molecule has 9 nitrogen and oxygen atoms in total. The van der Waals surface area contributed by atoms with Gasteiger partial charge in [-0.2, -0.15) is 0 Å². The quantitative estimate of drug-likeness (QED) is 0.582. The van der Waals surface area contributed by atoms with Gasteiger partial charge < -0.3 is 0 Å². The molecule has 10 heteroatoms. The Morgan fingerprint density at radius 2 is 1.62 bits per heavy atom. The van der Waals surface area contributed by atoms with Crippen molar-refractivity contribution in [3.63, 3.8) is 0 Å². The molecule has 24 heavy (non-hydrogen) atoms. The second kappa shape index (κ2) is 6.62. The summed E-state index contributed by atoms with van der Waals surface area (Å²) in [6, 6.07) is 10.5. The molecule has 0 bridgehead atoms. The average Bonchev–Trinajstić information content (AvgIpc) is 2.55. The Labute approximate surface area is 137 Å². The molecule has 0 heterocycles. The molecular formula is C14H13N3O6S. The smallest absolute Gasteiger partial charge is 0.266 e. The maximum atomic E-state index is 12.8. The van der Waals surface area contributed by atoms with Crippen LogP contribution >= 0.6 is 0 Å². The van der Waals surface area contributed by atoms with Crippen molar-refractivity contribution in [3.8, 4) is 0 Å². The van der Waals surface area contributed by atoms with Crippen LogP contribution in [0.1, 0.15) is 6.92 Å². The Morgan fingerprint density at radius 1 is 1.00 bits per heavy atom. The molecule has 2 aromatic carbocycles. The van der Waals surface area contributed by atoms with Gasteiger partial charge in [-0.05, 0) is 25.1 Å². The summed E-state index contributed by atoms with van der Waals surface area (Å²) in [5, 5.41) is 22.0. The van der Waals surface area contributed by atoms with Crippen molar-refractivity contribution < 1.29 is 18.3 Å². The predicted octanol–water partition coefficient (Wildman–Crippen LogP) is 2.72. The van der Waals surface area contributed by atoms with Crippen LogP contribution in [0.3, 0.4) is 0 Å². The lowest BCUT2D eigenvalue weighted by Crippen LogP contribution is -2.31. The molecule has 0 radical (unpaired) electrons. The van der Waals surface area contributed by atoms with Crippen molar-refractivity contribution in [1.82, 2.24) is 0 Å². The van der Waals surface area contributed by atoms with E-state index in [0.29, 0.717) is 11.8 Å². The fraction of sp³-hybridized carbons (Fsp3) is 0.143. The Balaban J connectivity index is 2.64. The van der Waals surface area contributed by atoms with Crippen molar-refractivity contribution in [2.24, 2.45) is 0 Å². The summed E-state index contributed by atoms with van der Waals surface area (Å²) in [5.41, 5.74) is -1.05. The normalized spacial score (nSPS) is 11.0. The zero-order valence-corrected chi connectivity index (χ0v) is 13.3. The first-order valence-corrected chi connectivity index (χ1v) is 8.23. The zero-order chi connectivity index (χ0) is 17.9. The average molecular weight is 351 g/mol. The second-order valence-electron chi connectivity index (χ2n) is 4.67. The first-order valence-electron chi connectivity index (χ1n) is 6.79. The van der Waals surface area contributed by atoms with Crippen molar-refractivity contribution in [1.29, 1.82) is 0 Å². The number of hydrogen-bond donors (Lipinski definition) is 0. The number of nitrogens with zero attached hydrogens (tertiary/aromatic N) is 3. The predicted molar refractivity (Wildman–Crippen MR) is 86.4 cm³/mol. The maximum absolute atomic E-state index is 12.8. The van der Waals surface area contributed by atoms with E-state index >= 15 is 0 Å². The third kappa shape index (κ3) is 3.18. The van der Waals surface area contributed by atoms with Gasteiger partial charge in [0.1, 0.15) is 0 Å². The Kier molecular flexibility index (Phi) is 4.79. The van der Waals surface area contributed by atoms with E-state index in [0.717, 1.165) is 16.4 Å². The zero-order valence-electron chi connectivity index (χ0n) is 12.5. The minimum Gasteiger partial charge on any atom is -0.266 e. The third-order valence-corrected chi connectivity index (χ3v) is 5.20. The van der Waals surface area contributed by atoms with Crippen molar-refractivity contribution >= 4 is 27.1 Å². The molecule has 0 aromatic heterocycles. The lowest BCUT2D eigenvalue weighted by atomic mass is 10.3. The van der Waals surface area contributed by atoms with Gasteiger partial charge in [-0.15, -0.1) is 0 Å². The second-order valence-corrected chi connectivity index (χ2v) is 6.50. The van der Waals surface area contributed by atoms with Crippen LogP contribution < -0.4 is 4.31 Å². The van der Waals surface area contributed by atoms with Crippen LogP contribution in [0.15, 0.2) is 53.4 Å². The number of hydrogen-bond acceptors (Lipinski definition) is 6. The number of benzene rings is 2. The molecule has 0 spiro atoms. The summed E-state index contributed by atoms with van der Waals surface area (Å²) in [7, 11) is -4.25. The molecule has 0 aliphatic carbocycles. The highest BCUT2D eigenvalue weighted by molar-refractivity contribution is 7.93. The largest absolute Gasteiger partial charge is 0.296 e. The van der Waals surface area contributed by atoms with Gasteiger partial charge in [0, 0.05) is 12.6 Å². The number of non-ortho nitro benzene ring substituents is 1. The standard InChI is InChI=1S/C14H13N3O6S/c1-2-15(11-6-4-3-5-7-11)24(22,23)14-9-8-12(16(18)19)10-13(14)17(20)21/h3-10H,2H2,1H3. The van der Waals surface area contributed by atoms with E-state index in [9.17, 15) is 28.6 Å². The van der Waals surface area contributed by atoms with Crippen molar-refractivity contribution in [2.45, 2.75) is 11.8 Å².